The topological polar surface area (TPSA) is 46.5 Å². The van der Waals surface area contributed by atoms with E-state index < -0.39 is 0 Å². The lowest BCUT2D eigenvalue weighted by Gasteiger charge is -1.92. The van der Waals surface area contributed by atoms with Gasteiger partial charge in [0.2, 0.25) is 0 Å². The fraction of sp³-hybridized carbons (Fsp3) is 0.833. The van der Waals surface area contributed by atoms with E-state index in [1.165, 1.54) is 0 Å². The van der Waals surface area contributed by atoms with Gasteiger partial charge in [0.15, 0.2) is 0 Å². The second-order valence-corrected chi connectivity index (χ2v) is 2.31. The molecule has 0 saturated heterocycles. The van der Waals surface area contributed by atoms with Crippen LogP contribution in [0.4, 0.5) is 0 Å². The van der Waals surface area contributed by atoms with Crippen molar-refractivity contribution >= 4 is 17.4 Å². The number of nitroso groups, excluding NO2 is 1. The van der Waals surface area contributed by atoms with Crippen molar-refractivity contribution in [2.45, 2.75) is 19.3 Å². The Balaban J connectivity index is 3.16. The zero-order valence-corrected chi connectivity index (χ0v) is 6.43. The molecule has 58 valence electrons. The van der Waals surface area contributed by atoms with Gasteiger partial charge in [-0.1, -0.05) is 5.18 Å². The molecule has 4 heteroatoms. The van der Waals surface area contributed by atoms with E-state index in [0.717, 1.165) is 0 Å². The molecule has 10 heavy (non-hydrogen) atoms. The molecule has 3 nitrogen and oxygen atoms in total. The van der Waals surface area contributed by atoms with Gasteiger partial charge in [-0.25, -0.2) is 0 Å². The number of ketones is 1. The number of carbonyl (C=O) groups is 1. The smallest absolute Gasteiger partial charge is 0.134 e. The zero-order chi connectivity index (χ0) is 7.82. The molecule has 0 aromatic carbocycles. The number of hydrogen-bond donors (Lipinski definition) is 0. The van der Waals surface area contributed by atoms with Crippen molar-refractivity contribution in [1.29, 1.82) is 0 Å². The van der Waals surface area contributed by atoms with Crippen molar-refractivity contribution in [3.8, 4) is 0 Å². The Labute approximate surface area is 64.7 Å². The minimum Gasteiger partial charge on any atom is -0.300 e. The predicted octanol–water partition coefficient (Wildman–Crippen LogP) is 1.73. The van der Waals surface area contributed by atoms with Gasteiger partial charge >= 0.3 is 0 Å². The second kappa shape index (κ2) is 6.68. The highest BCUT2D eigenvalue weighted by atomic mass is 35.5. The summed E-state index contributed by atoms with van der Waals surface area (Å²) in [5.74, 6) is 0.570. The van der Waals surface area contributed by atoms with Gasteiger partial charge < -0.3 is 0 Å². The van der Waals surface area contributed by atoms with E-state index in [1.54, 1.807) is 0 Å². The number of nitrogens with zero attached hydrogens (tertiary/aromatic N) is 1. The van der Waals surface area contributed by atoms with Gasteiger partial charge in [0.25, 0.3) is 0 Å². The summed E-state index contributed by atoms with van der Waals surface area (Å²) in [4.78, 5) is 20.3. The Morgan fingerprint density at radius 3 is 2.60 bits per heavy atom. The summed E-state index contributed by atoms with van der Waals surface area (Å²) in [6, 6.07) is 0. The van der Waals surface area contributed by atoms with Crippen LogP contribution in [0.15, 0.2) is 5.18 Å². The third kappa shape index (κ3) is 5.69. The van der Waals surface area contributed by atoms with Crippen LogP contribution in [0.25, 0.3) is 0 Å². The van der Waals surface area contributed by atoms with Crippen molar-refractivity contribution in [3.05, 3.63) is 4.91 Å². The molecule has 0 aliphatic heterocycles. The first-order valence-electron chi connectivity index (χ1n) is 3.18. The third-order valence-electron chi connectivity index (χ3n) is 1.07. The maximum absolute atomic E-state index is 10.7. The summed E-state index contributed by atoms with van der Waals surface area (Å²) in [5.41, 5.74) is 0. The molecule has 0 amide bonds. The van der Waals surface area contributed by atoms with Crippen LogP contribution in [0.3, 0.4) is 0 Å². The molecule has 0 bridgehead atoms. The van der Waals surface area contributed by atoms with Crippen molar-refractivity contribution in [3.63, 3.8) is 0 Å². The molecular formula is C6H10ClNO2. The predicted molar refractivity (Wildman–Crippen MR) is 40.2 cm³/mol. The Kier molecular flexibility index (Phi) is 6.38. The normalized spacial score (nSPS) is 9.30. The monoisotopic (exact) mass is 163 g/mol. The highest BCUT2D eigenvalue weighted by Crippen LogP contribution is 1.96. The molecule has 0 atom stereocenters. The minimum atomic E-state index is 0.0697. The molecule has 0 spiro atoms. The second-order valence-electron chi connectivity index (χ2n) is 1.93. The number of Topliss-reactive ketones (excluding diaryl/α,β-unsaturated/α-hetero) is 1. The molecule has 0 rings (SSSR count). The number of carbonyl (C=O) groups excluding carboxylic acids is 1. The van der Waals surface area contributed by atoms with Gasteiger partial charge in [0.05, 0.1) is 6.54 Å². The van der Waals surface area contributed by atoms with E-state index in [0.29, 0.717) is 18.7 Å². The lowest BCUT2D eigenvalue weighted by atomic mass is 10.2. The fourth-order valence-corrected chi connectivity index (χ4v) is 0.693. The van der Waals surface area contributed by atoms with Crippen molar-refractivity contribution in [1.82, 2.24) is 0 Å². The van der Waals surface area contributed by atoms with Crippen LogP contribution >= 0.6 is 11.6 Å². The molecule has 0 unspecified atom stereocenters. The Morgan fingerprint density at radius 2 is 2.10 bits per heavy atom. The van der Waals surface area contributed by atoms with E-state index in [4.69, 9.17) is 11.6 Å². The average Bonchev–Trinajstić information content (AvgIpc) is 1.97. The first kappa shape index (κ1) is 9.56. The molecular weight excluding hydrogens is 154 g/mol. The standard InChI is InChI=1S/C6H10ClNO2/c7-4-1-2-6(9)3-5-8-10/h1-5H2. The highest BCUT2D eigenvalue weighted by molar-refractivity contribution is 6.17. The van der Waals surface area contributed by atoms with Crippen LogP contribution in [0.2, 0.25) is 0 Å². The van der Waals surface area contributed by atoms with Crippen LogP contribution in [-0.2, 0) is 4.79 Å². The Morgan fingerprint density at radius 1 is 1.40 bits per heavy atom. The Hall–Kier alpha value is -0.440. The number of alkyl halides is 1. The van der Waals surface area contributed by atoms with E-state index in [2.05, 4.69) is 5.18 Å². The van der Waals surface area contributed by atoms with E-state index >= 15 is 0 Å². The zero-order valence-electron chi connectivity index (χ0n) is 5.68. The van der Waals surface area contributed by atoms with Crippen molar-refractivity contribution in [2.24, 2.45) is 5.18 Å². The summed E-state index contributed by atoms with van der Waals surface area (Å²) in [6.45, 7) is 0.0983. The summed E-state index contributed by atoms with van der Waals surface area (Å²) < 4.78 is 0. The molecule has 0 saturated carbocycles. The maximum Gasteiger partial charge on any atom is 0.134 e. The van der Waals surface area contributed by atoms with Gasteiger partial charge in [-0.2, -0.15) is 4.91 Å². The van der Waals surface area contributed by atoms with E-state index in [9.17, 15) is 9.70 Å². The molecule has 0 fully saturated rings. The third-order valence-corrected chi connectivity index (χ3v) is 1.34. The summed E-state index contributed by atoms with van der Waals surface area (Å²) in [7, 11) is 0. The van der Waals surface area contributed by atoms with Gasteiger partial charge in [-0.3, -0.25) is 4.79 Å². The van der Waals surface area contributed by atoms with Crippen LogP contribution in [-0.4, -0.2) is 18.2 Å². The lowest BCUT2D eigenvalue weighted by molar-refractivity contribution is -0.118. The minimum absolute atomic E-state index is 0.0697. The first-order chi connectivity index (χ1) is 4.81. The van der Waals surface area contributed by atoms with Crippen LogP contribution in [0, 0.1) is 4.91 Å². The van der Waals surface area contributed by atoms with Crippen molar-refractivity contribution < 1.29 is 4.79 Å². The number of hydrogen-bond acceptors (Lipinski definition) is 3. The van der Waals surface area contributed by atoms with Crippen LogP contribution in [0.5, 0.6) is 0 Å². The highest BCUT2D eigenvalue weighted by Gasteiger charge is 1.99. The molecule has 0 aromatic rings. The lowest BCUT2D eigenvalue weighted by Crippen LogP contribution is -1.99. The Bertz CT molecular complexity index is 116. The summed E-state index contributed by atoms with van der Waals surface area (Å²) in [6.07, 6.45) is 1.43. The molecule has 0 radical (unpaired) electrons. The van der Waals surface area contributed by atoms with Gasteiger partial charge in [-0.05, 0) is 6.42 Å². The first-order valence-corrected chi connectivity index (χ1v) is 3.71. The largest absolute Gasteiger partial charge is 0.300 e. The molecule has 0 aliphatic carbocycles. The van der Waals surface area contributed by atoms with Crippen LogP contribution in [0.1, 0.15) is 19.3 Å². The molecule has 0 heterocycles. The SMILES string of the molecule is O=NCCC(=O)CCCCl. The fourth-order valence-electron chi connectivity index (χ4n) is 0.559. The molecule has 0 aromatic heterocycles. The number of halogens is 1. The van der Waals surface area contributed by atoms with E-state index in [-0.39, 0.29) is 18.7 Å². The number of rotatable bonds is 6. The average molecular weight is 164 g/mol. The van der Waals surface area contributed by atoms with E-state index in [1.807, 2.05) is 0 Å². The maximum atomic E-state index is 10.7. The quantitative estimate of drug-likeness (QED) is 0.442. The molecule has 0 aliphatic rings. The van der Waals surface area contributed by atoms with Gasteiger partial charge in [-0.15, -0.1) is 11.6 Å². The summed E-state index contributed by atoms with van der Waals surface area (Å²) in [5, 5.41) is 2.58. The van der Waals surface area contributed by atoms with Gasteiger partial charge in [0, 0.05) is 18.7 Å². The summed E-state index contributed by atoms with van der Waals surface area (Å²) >= 11 is 5.34. The molecule has 0 N–H and O–H groups in total. The van der Waals surface area contributed by atoms with Crippen molar-refractivity contribution in [2.75, 3.05) is 12.4 Å². The van der Waals surface area contributed by atoms with Crippen LogP contribution < -0.4 is 0 Å². The van der Waals surface area contributed by atoms with Gasteiger partial charge in [0.1, 0.15) is 5.78 Å².